The summed E-state index contributed by atoms with van der Waals surface area (Å²) in [5.74, 6) is -0.474. The minimum atomic E-state index is -0.765. The molecule has 1 unspecified atom stereocenters. The number of carboxylic acid groups (broad SMARTS) is 1. The molecule has 0 saturated carbocycles. The first-order valence-corrected chi connectivity index (χ1v) is 7.69. The average molecular weight is 300 g/mol. The van der Waals surface area contributed by atoms with Crippen molar-refractivity contribution in [2.45, 2.75) is 72.3 Å². The summed E-state index contributed by atoms with van der Waals surface area (Å²) in [6.45, 7) is 10.7. The van der Waals surface area contributed by atoms with Gasteiger partial charge in [-0.25, -0.2) is 0 Å². The van der Waals surface area contributed by atoms with E-state index in [0.717, 1.165) is 6.42 Å². The predicted molar refractivity (Wildman–Crippen MR) is 84.9 cm³/mol. The van der Waals surface area contributed by atoms with Crippen LogP contribution in [0.4, 0.5) is 0 Å². The van der Waals surface area contributed by atoms with Gasteiger partial charge in [-0.3, -0.25) is 9.59 Å². The minimum Gasteiger partial charge on any atom is -0.481 e. The molecule has 0 spiro atoms. The van der Waals surface area contributed by atoms with Crippen molar-refractivity contribution in [2.75, 3.05) is 6.54 Å². The van der Waals surface area contributed by atoms with Crippen molar-refractivity contribution < 1.29 is 14.7 Å². The molecular formula is C16H32N2O3. The smallest absolute Gasteiger partial charge is 0.303 e. The van der Waals surface area contributed by atoms with Gasteiger partial charge in [0.1, 0.15) is 0 Å². The van der Waals surface area contributed by atoms with Gasteiger partial charge in [0, 0.05) is 24.9 Å². The van der Waals surface area contributed by atoms with Crippen LogP contribution >= 0.6 is 0 Å². The maximum Gasteiger partial charge on any atom is 0.303 e. The average Bonchev–Trinajstić information content (AvgIpc) is 2.28. The number of hydrogen-bond donors (Lipinski definition) is 3. The molecule has 5 nitrogen and oxygen atoms in total. The molecule has 4 N–H and O–H groups in total. The number of carbonyl (C=O) groups excluding carboxylic acids is 1. The third-order valence-electron chi connectivity index (χ3n) is 3.74. The summed E-state index contributed by atoms with van der Waals surface area (Å²) in [5, 5.41) is 11.7. The van der Waals surface area contributed by atoms with Crippen molar-refractivity contribution in [1.29, 1.82) is 0 Å². The van der Waals surface area contributed by atoms with Gasteiger partial charge in [-0.05, 0) is 44.4 Å². The summed E-state index contributed by atoms with van der Waals surface area (Å²) >= 11 is 0. The Kier molecular flexibility index (Phi) is 7.93. The molecule has 5 heteroatoms. The quantitative estimate of drug-likeness (QED) is 0.610. The molecule has 0 aromatic rings. The van der Waals surface area contributed by atoms with Crippen LogP contribution in [0, 0.1) is 11.3 Å². The Morgan fingerprint density at radius 3 is 2.10 bits per heavy atom. The Labute approximate surface area is 128 Å². The van der Waals surface area contributed by atoms with Crippen molar-refractivity contribution in [1.82, 2.24) is 5.32 Å². The van der Waals surface area contributed by atoms with E-state index in [-0.39, 0.29) is 29.2 Å². The Morgan fingerprint density at radius 2 is 1.67 bits per heavy atom. The molecule has 124 valence electrons. The number of aliphatic carboxylic acids is 1. The van der Waals surface area contributed by atoms with Gasteiger partial charge in [0.15, 0.2) is 0 Å². The standard InChI is InChI=1S/C16H32N2O3/c1-15(2,3)12(6-7-14(20)21)9-11-18-13(19)8-10-16(4,5)17/h12H,6-11,17H2,1-5H3,(H,18,19)(H,20,21). The number of nitrogens with one attached hydrogen (secondary N) is 1. The normalized spacial score (nSPS) is 13.8. The number of carboxylic acids is 1. The summed E-state index contributed by atoms with van der Waals surface area (Å²) in [6.07, 6.45) is 2.70. The maximum atomic E-state index is 11.7. The molecule has 0 aromatic heterocycles. The van der Waals surface area contributed by atoms with E-state index in [4.69, 9.17) is 10.8 Å². The second-order valence-corrected chi connectivity index (χ2v) is 7.62. The van der Waals surface area contributed by atoms with E-state index in [1.54, 1.807) is 0 Å². The monoisotopic (exact) mass is 300 g/mol. The molecule has 0 saturated heterocycles. The van der Waals surface area contributed by atoms with E-state index in [9.17, 15) is 9.59 Å². The second kappa shape index (κ2) is 8.37. The lowest BCUT2D eigenvalue weighted by Gasteiger charge is -2.30. The minimum absolute atomic E-state index is 0.0134. The van der Waals surface area contributed by atoms with Crippen LogP contribution in [0.1, 0.15) is 66.7 Å². The van der Waals surface area contributed by atoms with Gasteiger partial charge in [-0.1, -0.05) is 20.8 Å². The zero-order valence-corrected chi connectivity index (χ0v) is 14.2. The molecule has 0 aliphatic carbocycles. The largest absolute Gasteiger partial charge is 0.481 e. The van der Waals surface area contributed by atoms with E-state index < -0.39 is 5.97 Å². The molecule has 0 rings (SSSR count). The van der Waals surface area contributed by atoms with Gasteiger partial charge in [0.2, 0.25) is 5.91 Å². The van der Waals surface area contributed by atoms with E-state index in [1.807, 2.05) is 13.8 Å². The highest BCUT2D eigenvalue weighted by atomic mass is 16.4. The first-order chi connectivity index (χ1) is 9.42. The van der Waals surface area contributed by atoms with Crippen molar-refractivity contribution in [3.05, 3.63) is 0 Å². The fourth-order valence-electron chi connectivity index (χ4n) is 2.22. The predicted octanol–water partition coefficient (Wildman–Crippen LogP) is 2.54. The number of nitrogens with two attached hydrogens (primary N) is 1. The van der Waals surface area contributed by atoms with Crippen molar-refractivity contribution in [3.63, 3.8) is 0 Å². The maximum absolute atomic E-state index is 11.7. The van der Waals surface area contributed by atoms with Crippen LogP contribution in [-0.2, 0) is 9.59 Å². The number of hydrogen-bond acceptors (Lipinski definition) is 3. The molecule has 0 heterocycles. The summed E-state index contributed by atoms with van der Waals surface area (Å²) < 4.78 is 0. The number of amides is 1. The van der Waals surface area contributed by atoms with E-state index in [2.05, 4.69) is 26.1 Å². The highest BCUT2D eigenvalue weighted by molar-refractivity contribution is 5.75. The first-order valence-electron chi connectivity index (χ1n) is 7.69. The second-order valence-electron chi connectivity index (χ2n) is 7.62. The molecule has 21 heavy (non-hydrogen) atoms. The van der Waals surface area contributed by atoms with Crippen LogP contribution in [0.5, 0.6) is 0 Å². The van der Waals surface area contributed by atoms with Gasteiger partial charge in [-0.15, -0.1) is 0 Å². The van der Waals surface area contributed by atoms with Crippen LogP contribution in [0.15, 0.2) is 0 Å². The fourth-order valence-corrected chi connectivity index (χ4v) is 2.22. The van der Waals surface area contributed by atoms with Gasteiger partial charge >= 0.3 is 5.97 Å². The Bertz CT molecular complexity index is 340. The SMILES string of the molecule is CC(C)(N)CCC(=O)NCCC(CCC(=O)O)C(C)(C)C. The topological polar surface area (TPSA) is 92.4 Å². The summed E-state index contributed by atoms with van der Waals surface area (Å²) in [7, 11) is 0. The lowest BCUT2D eigenvalue weighted by atomic mass is 9.76. The number of rotatable bonds is 9. The molecule has 0 fully saturated rings. The molecule has 0 aromatic carbocycles. The van der Waals surface area contributed by atoms with Crippen molar-refractivity contribution in [3.8, 4) is 0 Å². The Morgan fingerprint density at radius 1 is 1.10 bits per heavy atom. The highest BCUT2D eigenvalue weighted by Crippen LogP contribution is 2.32. The highest BCUT2D eigenvalue weighted by Gasteiger charge is 2.25. The summed E-state index contributed by atoms with van der Waals surface area (Å²) in [4.78, 5) is 22.4. The lowest BCUT2D eigenvalue weighted by Crippen LogP contribution is -2.35. The summed E-state index contributed by atoms with van der Waals surface area (Å²) in [6, 6.07) is 0. The third-order valence-corrected chi connectivity index (χ3v) is 3.74. The third kappa shape index (κ3) is 11.3. The Hall–Kier alpha value is -1.10. The number of carbonyl (C=O) groups is 2. The van der Waals surface area contributed by atoms with Gasteiger partial charge in [0.05, 0.1) is 0 Å². The molecule has 0 aliphatic heterocycles. The van der Waals surface area contributed by atoms with Crippen molar-refractivity contribution >= 4 is 11.9 Å². The molecular weight excluding hydrogens is 268 g/mol. The van der Waals surface area contributed by atoms with E-state index >= 15 is 0 Å². The first kappa shape index (κ1) is 19.9. The van der Waals surface area contributed by atoms with Gasteiger partial charge < -0.3 is 16.2 Å². The lowest BCUT2D eigenvalue weighted by molar-refractivity contribution is -0.137. The van der Waals surface area contributed by atoms with Gasteiger partial charge in [0.25, 0.3) is 0 Å². The van der Waals surface area contributed by atoms with Crippen LogP contribution in [-0.4, -0.2) is 29.1 Å². The van der Waals surface area contributed by atoms with E-state index in [1.165, 1.54) is 0 Å². The molecule has 0 aliphatic rings. The molecule has 1 amide bonds. The van der Waals surface area contributed by atoms with Gasteiger partial charge in [-0.2, -0.15) is 0 Å². The van der Waals surface area contributed by atoms with Crippen LogP contribution in [0.3, 0.4) is 0 Å². The Balaban J connectivity index is 4.13. The molecule has 0 radical (unpaired) electrons. The van der Waals surface area contributed by atoms with Crippen molar-refractivity contribution in [2.24, 2.45) is 17.1 Å². The van der Waals surface area contributed by atoms with Crippen LogP contribution < -0.4 is 11.1 Å². The van der Waals surface area contributed by atoms with E-state index in [0.29, 0.717) is 25.8 Å². The molecule has 0 bridgehead atoms. The van der Waals surface area contributed by atoms with Crippen LogP contribution in [0.2, 0.25) is 0 Å². The fraction of sp³-hybridized carbons (Fsp3) is 0.875. The summed E-state index contributed by atoms with van der Waals surface area (Å²) in [5.41, 5.74) is 5.56. The zero-order valence-electron chi connectivity index (χ0n) is 14.2. The zero-order chi connectivity index (χ0) is 16.7. The molecule has 1 atom stereocenters. The van der Waals surface area contributed by atoms with Crippen LogP contribution in [0.25, 0.3) is 0 Å².